The van der Waals surface area contributed by atoms with Gasteiger partial charge < -0.3 is 20.4 Å². The number of alkyl halides is 3. The molecule has 0 saturated carbocycles. The summed E-state index contributed by atoms with van der Waals surface area (Å²) in [6.07, 6.45) is -5.84. The summed E-state index contributed by atoms with van der Waals surface area (Å²) >= 11 is 13.2. The first kappa shape index (κ1) is 28.3. The van der Waals surface area contributed by atoms with Crippen LogP contribution in [0.15, 0.2) is 12.1 Å². The van der Waals surface area contributed by atoms with Gasteiger partial charge in [0.15, 0.2) is 10.6 Å². The molecule has 2 aromatic rings. The Hall–Kier alpha value is -1.92. The lowest BCUT2D eigenvalue weighted by Gasteiger charge is -2.28. The van der Waals surface area contributed by atoms with Crippen molar-refractivity contribution < 1.29 is 33.0 Å². The Bertz CT molecular complexity index is 1070. The molecule has 7 nitrogen and oxygen atoms in total. The number of nitrogens with one attached hydrogen (secondary N) is 1. The van der Waals surface area contributed by atoms with Crippen molar-refractivity contribution in [2.24, 2.45) is 0 Å². The van der Waals surface area contributed by atoms with Crippen LogP contribution in [0.1, 0.15) is 53.5 Å². The van der Waals surface area contributed by atoms with Gasteiger partial charge in [0.1, 0.15) is 5.69 Å². The largest absolute Gasteiger partial charge is 0.421 e. The van der Waals surface area contributed by atoms with Crippen LogP contribution in [-0.4, -0.2) is 63.8 Å². The second-order valence-electron chi connectivity index (χ2n) is 7.59. The zero-order chi connectivity index (χ0) is 26.0. The Morgan fingerprint density at radius 2 is 1.79 bits per heavy atom. The maximum Gasteiger partial charge on any atom is 0.421 e. The minimum absolute atomic E-state index is 0.0547. The molecule has 1 unspecified atom stereocenters. The van der Waals surface area contributed by atoms with E-state index in [1.165, 1.54) is 17.9 Å². The zero-order valence-corrected chi connectivity index (χ0v) is 21.1. The second kappa shape index (κ2) is 10.8. The first-order valence-corrected chi connectivity index (χ1v) is 11.8. The van der Waals surface area contributed by atoms with Crippen molar-refractivity contribution in [3.63, 3.8) is 0 Å². The maximum absolute atomic E-state index is 13.3. The Morgan fingerprint density at radius 3 is 2.29 bits per heavy atom. The number of amides is 2. The first-order chi connectivity index (χ1) is 15.7. The molecule has 1 aromatic carbocycles. The number of aliphatic hydroxyl groups excluding tert-OH is 1. The van der Waals surface area contributed by atoms with Crippen molar-refractivity contribution in [1.82, 2.24) is 15.2 Å². The molecule has 0 aliphatic rings. The lowest BCUT2D eigenvalue weighted by Crippen LogP contribution is -2.39. The lowest BCUT2D eigenvalue weighted by atomic mass is 9.94. The molecule has 2 atom stereocenters. The molecule has 0 bridgehead atoms. The average molecular weight is 542 g/mol. The number of nitrogens with zero attached hydrogens (tertiary/aromatic N) is 2. The molecule has 34 heavy (non-hydrogen) atoms. The van der Waals surface area contributed by atoms with Crippen molar-refractivity contribution in [3.05, 3.63) is 38.4 Å². The van der Waals surface area contributed by atoms with Gasteiger partial charge in [-0.3, -0.25) is 9.59 Å². The molecular formula is C21H24Cl2F3N3O4S. The predicted molar refractivity (Wildman–Crippen MR) is 124 cm³/mol. The second-order valence-corrected chi connectivity index (χ2v) is 9.35. The third kappa shape index (κ3) is 5.65. The number of thiazole rings is 1. The molecule has 188 valence electrons. The summed E-state index contributed by atoms with van der Waals surface area (Å²) in [6.45, 7) is 6.17. The lowest BCUT2D eigenvalue weighted by molar-refractivity contribution is -0.258. The molecule has 0 saturated heterocycles. The van der Waals surface area contributed by atoms with E-state index in [-0.39, 0.29) is 32.7 Å². The van der Waals surface area contributed by atoms with Gasteiger partial charge in [-0.1, -0.05) is 35.3 Å². The van der Waals surface area contributed by atoms with Crippen LogP contribution in [0.3, 0.4) is 0 Å². The summed E-state index contributed by atoms with van der Waals surface area (Å²) in [6, 6.07) is 2.16. The molecule has 1 aromatic heterocycles. The Morgan fingerprint density at radius 1 is 1.21 bits per heavy atom. The first-order valence-electron chi connectivity index (χ1n) is 10.2. The maximum atomic E-state index is 13.3. The van der Waals surface area contributed by atoms with Crippen LogP contribution in [0, 0.1) is 0 Å². The van der Waals surface area contributed by atoms with Crippen LogP contribution < -0.4 is 5.32 Å². The van der Waals surface area contributed by atoms with E-state index in [1.807, 2.05) is 0 Å². The zero-order valence-electron chi connectivity index (χ0n) is 18.8. The van der Waals surface area contributed by atoms with Gasteiger partial charge in [0, 0.05) is 30.8 Å². The van der Waals surface area contributed by atoms with E-state index in [9.17, 15) is 33.0 Å². The smallest absolute Gasteiger partial charge is 0.392 e. The van der Waals surface area contributed by atoms with E-state index in [1.54, 1.807) is 13.8 Å². The molecule has 0 aliphatic carbocycles. The topological polar surface area (TPSA) is 103 Å². The molecule has 3 N–H and O–H groups in total. The summed E-state index contributed by atoms with van der Waals surface area (Å²) in [5.74, 6) is -1.16. The number of aromatic nitrogens is 1. The fourth-order valence-corrected chi connectivity index (χ4v) is 4.64. The number of benzene rings is 1. The van der Waals surface area contributed by atoms with Gasteiger partial charge in [0.25, 0.3) is 11.8 Å². The van der Waals surface area contributed by atoms with Crippen LogP contribution in [0.25, 0.3) is 10.4 Å². The van der Waals surface area contributed by atoms with E-state index in [4.69, 9.17) is 23.2 Å². The summed E-state index contributed by atoms with van der Waals surface area (Å²) in [5, 5.41) is 20.9. The summed E-state index contributed by atoms with van der Waals surface area (Å²) < 4.78 is 40.0. The summed E-state index contributed by atoms with van der Waals surface area (Å²) in [4.78, 5) is 31.3. The van der Waals surface area contributed by atoms with E-state index < -0.39 is 40.3 Å². The average Bonchev–Trinajstić information content (AvgIpc) is 3.18. The van der Waals surface area contributed by atoms with Crippen molar-refractivity contribution >= 4 is 46.4 Å². The highest BCUT2D eigenvalue weighted by molar-refractivity contribution is 7.17. The van der Waals surface area contributed by atoms with E-state index in [2.05, 4.69) is 10.3 Å². The minimum atomic E-state index is -5.02. The molecule has 0 spiro atoms. The van der Waals surface area contributed by atoms with Gasteiger partial charge in [-0.25, -0.2) is 4.98 Å². The van der Waals surface area contributed by atoms with Gasteiger partial charge in [0.2, 0.25) is 0 Å². The quantitative estimate of drug-likeness (QED) is 0.457. The van der Waals surface area contributed by atoms with Gasteiger partial charge >= 0.3 is 6.18 Å². The molecule has 1 heterocycles. The fraction of sp³-hybridized carbons (Fsp3) is 0.476. The van der Waals surface area contributed by atoms with Crippen molar-refractivity contribution in [3.8, 4) is 10.4 Å². The standard InChI is InChI=1S/C21H24Cl2F3N3O4S/c1-5-29(6-2)19(32)15-16(34-18(28-15)17(31)27-9-10(3)30)11-7-8-12(14(23)13(11)22)20(4,33)21(24,25)26/h7-8,10,30,33H,5-6,9H2,1-4H3,(H,27,31)/t10-,20?/m0/s1. The minimum Gasteiger partial charge on any atom is -0.392 e. The molecule has 0 aliphatic heterocycles. The molecular weight excluding hydrogens is 518 g/mol. The molecule has 2 rings (SSSR count). The Balaban J connectivity index is 2.68. The molecule has 2 amide bonds. The highest BCUT2D eigenvalue weighted by Crippen LogP contribution is 2.47. The van der Waals surface area contributed by atoms with E-state index >= 15 is 0 Å². The van der Waals surface area contributed by atoms with E-state index in [0.29, 0.717) is 20.0 Å². The van der Waals surface area contributed by atoms with Crippen LogP contribution in [0.4, 0.5) is 13.2 Å². The predicted octanol–water partition coefficient (Wildman–Crippen LogP) is 4.48. The highest BCUT2D eigenvalue weighted by Gasteiger charge is 2.52. The van der Waals surface area contributed by atoms with Crippen molar-refractivity contribution in [2.75, 3.05) is 19.6 Å². The fourth-order valence-electron chi connectivity index (χ4n) is 2.97. The number of carbonyl (C=O) groups excluding carboxylic acids is 2. The SMILES string of the molecule is CCN(CC)C(=O)c1nc(C(=O)NC[C@H](C)O)sc1-c1ccc(C(C)(O)C(F)(F)F)c(Cl)c1Cl. The van der Waals surface area contributed by atoms with Crippen LogP contribution in [0.5, 0.6) is 0 Å². The van der Waals surface area contributed by atoms with Crippen molar-refractivity contribution in [2.45, 2.75) is 45.6 Å². The highest BCUT2D eigenvalue weighted by atomic mass is 35.5. The number of hydrogen-bond donors (Lipinski definition) is 3. The van der Waals surface area contributed by atoms with Crippen LogP contribution in [0.2, 0.25) is 10.0 Å². The van der Waals surface area contributed by atoms with Gasteiger partial charge in [-0.05, 0) is 27.7 Å². The van der Waals surface area contributed by atoms with Gasteiger partial charge in [0.05, 0.1) is 21.0 Å². The Labute approximate surface area is 208 Å². The molecule has 13 heteroatoms. The molecule has 0 radical (unpaired) electrons. The third-order valence-corrected chi connectivity index (χ3v) is 7.01. The number of aliphatic hydroxyl groups is 2. The Kier molecular flexibility index (Phi) is 8.98. The third-order valence-electron chi connectivity index (χ3n) is 5.04. The number of rotatable bonds is 8. The van der Waals surface area contributed by atoms with Crippen LogP contribution in [-0.2, 0) is 5.60 Å². The number of carbonyl (C=O) groups is 2. The van der Waals surface area contributed by atoms with Crippen LogP contribution >= 0.6 is 34.5 Å². The number of halogens is 5. The normalized spacial score (nSPS) is 14.4. The number of hydrogen-bond acceptors (Lipinski definition) is 6. The van der Waals surface area contributed by atoms with Gasteiger partial charge in [-0.2, -0.15) is 13.2 Å². The summed E-state index contributed by atoms with van der Waals surface area (Å²) in [5.41, 5.74) is -3.97. The summed E-state index contributed by atoms with van der Waals surface area (Å²) in [7, 11) is 0. The van der Waals surface area contributed by atoms with Gasteiger partial charge in [-0.15, -0.1) is 11.3 Å². The monoisotopic (exact) mass is 541 g/mol. The van der Waals surface area contributed by atoms with E-state index in [0.717, 1.165) is 17.4 Å². The molecule has 0 fully saturated rings. The van der Waals surface area contributed by atoms with Crippen molar-refractivity contribution in [1.29, 1.82) is 0 Å².